The maximum absolute atomic E-state index is 12.5. The van der Waals surface area contributed by atoms with Gasteiger partial charge < -0.3 is 10.6 Å². The average Bonchev–Trinajstić information content (AvgIpc) is 2.68. The van der Waals surface area contributed by atoms with Crippen molar-refractivity contribution in [3.63, 3.8) is 0 Å². The molecule has 0 unspecified atom stereocenters. The van der Waals surface area contributed by atoms with Crippen molar-refractivity contribution < 1.29 is 4.79 Å². The van der Waals surface area contributed by atoms with Gasteiger partial charge in [0.05, 0.1) is 0 Å². The molecule has 5 nitrogen and oxygen atoms in total. The molecule has 0 fully saturated rings. The van der Waals surface area contributed by atoms with E-state index in [4.69, 9.17) is 0 Å². The zero-order valence-corrected chi connectivity index (χ0v) is 17.5. The van der Waals surface area contributed by atoms with Crippen molar-refractivity contribution in [3.8, 4) is 0 Å². The van der Waals surface area contributed by atoms with E-state index in [0.717, 1.165) is 17.8 Å². The highest BCUT2D eigenvalue weighted by Crippen LogP contribution is 2.24. The van der Waals surface area contributed by atoms with Gasteiger partial charge in [0.25, 0.3) is 5.91 Å². The van der Waals surface area contributed by atoms with Crippen LogP contribution in [0.2, 0.25) is 0 Å². The number of carbonyl (C=O) groups is 1. The molecule has 3 rings (SSSR count). The van der Waals surface area contributed by atoms with Gasteiger partial charge in [-0.3, -0.25) is 4.79 Å². The lowest BCUT2D eigenvalue weighted by molar-refractivity contribution is 0.0949. The first-order valence-corrected chi connectivity index (χ1v) is 9.87. The van der Waals surface area contributed by atoms with Crippen LogP contribution in [0.15, 0.2) is 60.7 Å². The molecule has 5 heteroatoms. The molecule has 0 atom stereocenters. The van der Waals surface area contributed by atoms with Crippen molar-refractivity contribution in [1.82, 2.24) is 15.3 Å². The molecule has 0 radical (unpaired) electrons. The summed E-state index contributed by atoms with van der Waals surface area (Å²) in [5.41, 5.74) is 4.53. The molecule has 1 amide bonds. The molecular formula is C24H28N4O. The molecule has 0 saturated heterocycles. The van der Waals surface area contributed by atoms with Crippen LogP contribution in [0, 0.1) is 6.92 Å². The number of aromatic nitrogens is 2. The van der Waals surface area contributed by atoms with Crippen LogP contribution in [-0.4, -0.2) is 22.4 Å². The third-order valence-corrected chi connectivity index (χ3v) is 4.64. The van der Waals surface area contributed by atoms with Gasteiger partial charge in [-0.15, -0.1) is 0 Å². The van der Waals surface area contributed by atoms with Crippen LogP contribution in [0.5, 0.6) is 0 Å². The Bertz CT molecular complexity index is 960. The predicted octanol–water partition coefficient (Wildman–Crippen LogP) is 4.80. The third-order valence-electron chi connectivity index (χ3n) is 4.64. The fourth-order valence-electron chi connectivity index (χ4n) is 2.98. The number of rotatable bonds is 6. The van der Waals surface area contributed by atoms with Crippen LogP contribution >= 0.6 is 0 Å². The predicted molar refractivity (Wildman–Crippen MR) is 118 cm³/mol. The summed E-state index contributed by atoms with van der Waals surface area (Å²) in [5, 5.41) is 6.13. The van der Waals surface area contributed by atoms with Crippen molar-refractivity contribution in [1.29, 1.82) is 0 Å². The van der Waals surface area contributed by atoms with E-state index in [2.05, 4.69) is 53.5 Å². The minimum absolute atomic E-state index is 0.101. The van der Waals surface area contributed by atoms with Gasteiger partial charge in [-0.1, -0.05) is 63.2 Å². The second kappa shape index (κ2) is 8.86. The van der Waals surface area contributed by atoms with Crippen LogP contribution in [0.25, 0.3) is 0 Å². The number of hydrogen-bond donors (Lipinski definition) is 2. The van der Waals surface area contributed by atoms with Crippen LogP contribution in [0.1, 0.15) is 48.1 Å². The molecule has 2 N–H and O–H groups in total. The first-order valence-electron chi connectivity index (χ1n) is 9.87. The molecule has 0 aliphatic rings. The van der Waals surface area contributed by atoms with Gasteiger partial charge >= 0.3 is 0 Å². The summed E-state index contributed by atoms with van der Waals surface area (Å²) in [5.74, 6) is 0.222. The molecule has 1 heterocycles. The summed E-state index contributed by atoms with van der Waals surface area (Å²) in [6, 6.07) is 20.0. The van der Waals surface area contributed by atoms with E-state index < -0.39 is 0 Å². The van der Waals surface area contributed by atoms with Gasteiger partial charge in [0, 0.05) is 17.9 Å². The fraction of sp³-hybridized carbons (Fsp3) is 0.292. The number of amides is 1. The fourth-order valence-corrected chi connectivity index (χ4v) is 2.98. The van der Waals surface area contributed by atoms with E-state index in [9.17, 15) is 4.79 Å². The van der Waals surface area contributed by atoms with Gasteiger partial charge in [0.15, 0.2) is 0 Å². The Hall–Kier alpha value is -3.21. The standard InChI is InChI=1S/C24H28N4O/c1-17-16-21(22(29)25-15-14-18-8-6-5-7-9-18)28-23(26-17)27-20-12-10-19(11-13-20)24(2,3)4/h5-13,16H,14-15H2,1-4H3,(H,25,29)(H,26,27,28). The Morgan fingerprint density at radius 3 is 2.31 bits per heavy atom. The zero-order valence-electron chi connectivity index (χ0n) is 17.5. The van der Waals surface area contributed by atoms with Gasteiger partial charge in [-0.05, 0) is 48.1 Å². The highest BCUT2D eigenvalue weighted by Gasteiger charge is 2.14. The first kappa shape index (κ1) is 20.5. The highest BCUT2D eigenvalue weighted by molar-refractivity contribution is 5.92. The van der Waals surface area contributed by atoms with Gasteiger partial charge in [-0.25, -0.2) is 9.97 Å². The van der Waals surface area contributed by atoms with Crippen molar-refractivity contribution in [2.24, 2.45) is 0 Å². The lowest BCUT2D eigenvalue weighted by atomic mass is 9.87. The second-order valence-corrected chi connectivity index (χ2v) is 8.16. The quantitative estimate of drug-likeness (QED) is 0.637. The number of hydrogen-bond acceptors (Lipinski definition) is 4. The monoisotopic (exact) mass is 388 g/mol. The van der Waals surface area contributed by atoms with E-state index in [1.54, 1.807) is 6.07 Å². The number of aryl methyl sites for hydroxylation is 1. The minimum Gasteiger partial charge on any atom is -0.350 e. The summed E-state index contributed by atoms with van der Waals surface area (Å²) >= 11 is 0. The van der Waals surface area contributed by atoms with Crippen LogP contribution in [0.3, 0.4) is 0 Å². The molecule has 0 bridgehead atoms. The molecule has 1 aromatic heterocycles. The molecule has 29 heavy (non-hydrogen) atoms. The number of nitrogens with one attached hydrogen (secondary N) is 2. The largest absolute Gasteiger partial charge is 0.350 e. The van der Waals surface area contributed by atoms with Gasteiger partial charge in [0.1, 0.15) is 5.69 Å². The summed E-state index contributed by atoms with van der Waals surface area (Å²) in [6.45, 7) is 8.96. The van der Waals surface area contributed by atoms with Crippen molar-refractivity contribution in [3.05, 3.63) is 83.2 Å². The van der Waals surface area contributed by atoms with E-state index in [1.807, 2.05) is 49.4 Å². The van der Waals surface area contributed by atoms with Crippen LogP contribution < -0.4 is 10.6 Å². The summed E-state index contributed by atoms with van der Waals surface area (Å²) in [7, 11) is 0. The van der Waals surface area contributed by atoms with Crippen molar-refractivity contribution in [2.45, 2.75) is 39.5 Å². The highest BCUT2D eigenvalue weighted by atomic mass is 16.1. The normalized spacial score (nSPS) is 11.2. The van der Waals surface area contributed by atoms with Gasteiger partial charge in [-0.2, -0.15) is 0 Å². The van der Waals surface area contributed by atoms with Crippen LogP contribution in [-0.2, 0) is 11.8 Å². The summed E-state index contributed by atoms with van der Waals surface area (Å²) in [6.07, 6.45) is 0.780. The zero-order chi connectivity index (χ0) is 20.9. The van der Waals surface area contributed by atoms with E-state index in [-0.39, 0.29) is 11.3 Å². The van der Waals surface area contributed by atoms with Crippen molar-refractivity contribution in [2.75, 3.05) is 11.9 Å². The Kier molecular flexibility index (Phi) is 6.27. The smallest absolute Gasteiger partial charge is 0.270 e. The SMILES string of the molecule is Cc1cc(C(=O)NCCc2ccccc2)nc(Nc2ccc(C(C)(C)C)cc2)n1. The van der Waals surface area contributed by atoms with Crippen LogP contribution in [0.4, 0.5) is 11.6 Å². The summed E-state index contributed by atoms with van der Waals surface area (Å²) in [4.78, 5) is 21.3. The van der Waals surface area contributed by atoms with E-state index in [1.165, 1.54) is 11.1 Å². The third kappa shape index (κ3) is 5.88. The Morgan fingerprint density at radius 2 is 1.66 bits per heavy atom. The molecular weight excluding hydrogens is 360 g/mol. The Balaban J connectivity index is 1.65. The maximum Gasteiger partial charge on any atom is 0.270 e. The topological polar surface area (TPSA) is 66.9 Å². The molecule has 0 saturated carbocycles. The lowest BCUT2D eigenvalue weighted by Gasteiger charge is -2.19. The van der Waals surface area contributed by atoms with E-state index in [0.29, 0.717) is 18.2 Å². The molecule has 0 aliphatic carbocycles. The summed E-state index contributed by atoms with van der Waals surface area (Å²) < 4.78 is 0. The second-order valence-electron chi connectivity index (χ2n) is 8.16. The maximum atomic E-state index is 12.5. The minimum atomic E-state index is -0.197. The number of nitrogens with zero attached hydrogens (tertiary/aromatic N) is 2. The number of anilines is 2. The van der Waals surface area contributed by atoms with E-state index >= 15 is 0 Å². The molecule has 3 aromatic rings. The van der Waals surface area contributed by atoms with Gasteiger partial charge in [0.2, 0.25) is 5.95 Å². The Labute approximate surface area is 172 Å². The Morgan fingerprint density at radius 1 is 0.966 bits per heavy atom. The number of carbonyl (C=O) groups excluding carboxylic acids is 1. The van der Waals surface area contributed by atoms with Crippen molar-refractivity contribution >= 4 is 17.5 Å². The molecule has 0 spiro atoms. The molecule has 0 aliphatic heterocycles. The average molecular weight is 389 g/mol. The number of benzene rings is 2. The first-order chi connectivity index (χ1) is 13.8. The molecule has 2 aromatic carbocycles. The lowest BCUT2D eigenvalue weighted by Crippen LogP contribution is -2.27. The molecule has 150 valence electrons.